The van der Waals surface area contributed by atoms with E-state index in [2.05, 4.69) is 18.0 Å². The van der Waals surface area contributed by atoms with Crippen LogP contribution in [0.3, 0.4) is 0 Å². The van der Waals surface area contributed by atoms with Crippen molar-refractivity contribution in [2.75, 3.05) is 5.73 Å². The first-order chi connectivity index (χ1) is 9.72. The molecule has 5 heteroatoms. The molecule has 3 nitrogen and oxygen atoms in total. The standard InChI is InChI=1S/C15H14N2OS2/c1-10-7-11(16)4-5-13(10)20-9-12-8-18-15(17-12)14-3-2-6-19-14/h2-8H,9,16H2,1H3. The Morgan fingerprint density at radius 3 is 3.00 bits per heavy atom. The van der Waals surface area contributed by atoms with Gasteiger partial charge < -0.3 is 10.2 Å². The number of hydrogen-bond acceptors (Lipinski definition) is 5. The van der Waals surface area contributed by atoms with E-state index in [0.29, 0.717) is 5.89 Å². The normalized spacial score (nSPS) is 10.8. The highest BCUT2D eigenvalue weighted by Gasteiger charge is 2.08. The van der Waals surface area contributed by atoms with Gasteiger partial charge in [0.2, 0.25) is 5.89 Å². The zero-order valence-corrected chi connectivity index (χ0v) is 12.6. The Kier molecular flexibility index (Phi) is 3.80. The van der Waals surface area contributed by atoms with E-state index in [-0.39, 0.29) is 0 Å². The summed E-state index contributed by atoms with van der Waals surface area (Å²) in [6, 6.07) is 9.97. The SMILES string of the molecule is Cc1cc(N)ccc1SCc1coc(-c2cccs2)n1. The molecule has 0 atom stereocenters. The second-order valence-electron chi connectivity index (χ2n) is 4.43. The van der Waals surface area contributed by atoms with Crippen molar-refractivity contribution in [3.05, 3.63) is 53.2 Å². The second-order valence-corrected chi connectivity index (χ2v) is 6.40. The Balaban J connectivity index is 1.70. The molecule has 0 aliphatic heterocycles. The molecular weight excluding hydrogens is 288 g/mol. The van der Waals surface area contributed by atoms with Crippen LogP contribution in [0.2, 0.25) is 0 Å². The van der Waals surface area contributed by atoms with Gasteiger partial charge in [0.1, 0.15) is 6.26 Å². The fourth-order valence-electron chi connectivity index (χ4n) is 1.87. The summed E-state index contributed by atoms with van der Waals surface area (Å²) in [4.78, 5) is 6.80. The summed E-state index contributed by atoms with van der Waals surface area (Å²) in [6.07, 6.45) is 1.73. The fourth-order valence-corrected chi connectivity index (χ4v) is 3.42. The first kappa shape index (κ1) is 13.3. The number of nitrogen functional groups attached to an aromatic ring is 1. The van der Waals surface area contributed by atoms with Crippen LogP contribution in [0, 0.1) is 6.92 Å². The molecule has 0 spiro atoms. The predicted molar refractivity (Wildman–Crippen MR) is 85.0 cm³/mol. The van der Waals surface area contributed by atoms with E-state index in [1.54, 1.807) is 29.4 Å². The number of thioether (sulfide) groups is 1. The predicted octanol–water partition coefficient (Wildman–Crippen LogP) is 4.59. The molecule has 2 heterocycles. The van der Waals surface area contributed by atoms with Gasteiger partial charge in [0.25, 0.3) is 0 Å². The molecule has 3 rings (SSSR count). The smallest absolute Gasteiger partial charge is 0.236 e. The van der Waals surface area contributed by atoms with Crippen molar-refractivity contribution < 1.29 is 4.42 Å². The third kappa shape index (κ3) is 2.89. The highest BCUT2D eigenvalue weighted by Crippen LogP contribution is 2.29. The summed E-state index contributed by atoms with van der Waals surface area (Å²) < 4.78 is 5.51. The van der Waals surface area contributed by atoms with Crippen LogP contribution >= 0.6 is 23.1 Å². The average Bonchev–Trinajstić information content (AvgIpc) is 3.08. The van der Waals surface area contributed by atoms with Crippen LogP contribution in [0.25, 0.3) is 10.8 Å². The molecule has 0 saturated carbocycles. The minimum absolute atomic E-state index is 0.699. The van der Waals surface area contributed by atoms with Crippen molar-refractivity contribution >= 4 is 28.8 Å². The van der Waals surface area contributed by atoms with Gasteiger partial charge in [-0.1, -0.05) is 6.07 Å². The molecule has 20 heavy (non-hydrogen) atoms. The number of aryl methyl sites for hydroxylation is 1. The minimum atomic E-state index is 0.699. The second kappa shape index (κ2) is 5.73. The van der Waals surface area contributed by atoms with Gasteiger partial charge in [-0.3, -0.25) is 0 Å². The molecule has 1 aromatic carbocycles. The van der Waals surface area contributed by atoms with E-state index in [4.69, 9.17) is 10.2 Å². The van der Waals surface area contributed by atoms with Crippen LogP contribution in [0.5, 0.6) is 0 Å². The number of rotatable bonds is 4. The van der Waals surface area contributed by atoms with Crippen LogP contribution in [0.1, 0.15) is 11.3 Å². The molecule has 0 saturated heterocycles. The maximum absolute atomic E-state index is 5.76. The number of oxazole rings is 1. The summed E-state index contributed by atoms with van der Waals surface area (Å²) in [7, 11) is 0. The van der Waals surface area contributed by atoms with E-state index in [0.717, 1.165) is 22.0 Å². The lowest BCUT2D eigenvalue weighted by molar-refractivity contribution is 0.575. The molecule has 0 amide bonds. The van der Waals surface area contributed by atoms with E-state index < -0.39 is 0 Å². The maximum atomic E-state index is 5.76. The largest absolute Gasteiger partial charge is 0.444 e. The Morgan fingerprint density at radius 2 is 2.25 bits per heavy atom. The van der Waals surface area contributed by atoms with Crippen molar-refractivity contribution in [1.29, 1.82) is 0 Å². The molecule has 102 valence electrons. The zero-order valence-electron chi connectivity index (χ0n) is 11.0. The van der Waals surface area contributed by atoms with Crippen LogP contribution in [0.4, 0.5) is 5.69 Å². The molecule has 0 aliphatic rings. The number of nitrogens with zero attached hydrogens (tertiary/aromatic N) is 1. The number of aromatic nitrogens is 1. The Labute approximate surface area is 125 Å². The lowest BCUT2D eigenvalue weighted by Crippen LogP contribution is -1.88. The summed E-state index contributed by atoms with van der Waals surface area (Å²) in [5, 5.41) is 2.02. The minimum Gasteiger partial charge on any atom is -0.444 e. The highest BCUT2D eigenvalue weighted by atomic mass is 32.2. The van der Waals surface area contributed by atoms with Crippen molar-refractivity contribution in [2.24, 2.45) is 0 Å². The average molecular weight is 302 g/mol. The van der Waals surface area contributed by atoms with E-state index in [1.165, 1.54) is 10.5 Å². The van der Waals surface area contributed by atoms with Crippen molar-refractivity contribution in [3.63, 3.8) is 0 Å². The molecule has 0 aliphatic carbocycles. The van der Waals surface area contributed by atoms with Crippen molar-refractivity contribution in [3.8, 4) is 10.8 Å². The number of thiophene rings is 1. The third-order valence-corrected chi connectivity index (χ3v) is 4.93. The van der Waals surface area contributed by atoms with Gasteiger partial charge in [0.15, 0.2) is 0 Å². The van der Waals surface area contributed by atoms with Gasteiger partial charge in [0.05, 0.1) is 10.6 Å². The van der Waals surface area contributed by atoms with Gasteiger partial charge >= 0.3 is 0 Å². The van der Waals surface area contributed by atoms with E-state index >= 15 is 0 Å². The van der Waals surface area contributed by atoms with Crippen molar-refractivity contribution in [1.82, 2.24) is 4.98 Å². The lowest BCUT2D eigenvalue weighted by atomic mass is 10.2. The highest BCUT2D eigenvalue weighted by molar-refractivity contribution is 7.98. The van der Waals surface area contributed by atoms with E-state index in [9.17, 15) is 0 Å². The Hall–Kier alpha value is -1.72. The number of hydrogen-bond donors (Lipinski definition) is 1. The number of benzene rings is 1. The van der Waals surface area contributed by atoms with Crippen LogP contribution < -0.4 is 5.73 Å². The Bertz CT molecular complexity index is 704. The van der Waals surface area contributed by atoms with Crippen LogP contribution in [-0.2, 0) is 5.75 Å². The summed E-state index contributed by atoms with van der Waals surface area (Å²) in [5.74, 6) is 1.49. The van der Waals surface area contributed by atoms with Gasteiger partial charge in [-0.25, -0.2) is 4.98 Å². The molecular formula is C15H14N2OS2. The van der Waals surface area contributed by atoms with Gasteiger partial charge in [-0.05, 0) is 42.1 Å². The molecule has 2 N–H and O–H groups in total. The zero-order chi connectivity index (χ0) is 13.9. The monoisotopic (exact) mass is 302 g/mol. The van der Waals surface area contributed by atoms with Gasteiger partial charge in [0, 0.05) is 16.3 Å². The summed E-state index contributed by atoms with van der Waals surface area (Å²) in [6.45, 7) is 2.07. The third-order valence-electron chi connectivity index (χ3n) is 2.86. The molecule has 0 radical (unpaired) electrons. The first-order valence-electron chi connectivity index (χ1n) is 6.19. The van der Waals surface area contributed by atoms with Gasteiger partial charge in [-0.2, -0.15) is 0 Å². The van der Waals surface area contributed by atoms with Crippen LogP contribution in [0.15, 0.2) is 51.3 Å². The number of anilines is 1. The van der Waals surface area contributed by atoms with E-state index in [1.807, 2.05) is 29.6 Å². The Morgan fingerprint density at radius 1 is 1.35 bits per heavy atom. The van der Waals surface area contributed by atoms with Crippen molar-refractivity contribution in [2.45, 2.75) is 17.6 Å². The summed E-state index contributed by atoms with van der Waals surface area (Å²) in [5.41, 5.74) is 8.70. The molecule has 0 fully saturated rings. The molecule has 0 unspecified atom stereocenters. The molecule has 3 aromatic rings. The topological polar surface area (TPSA) is 52.0 Å². The lowest BCUT2D eigenvalue weighted by Gasteiger charge is -2.04. The molecule has 0 bridgehead atoms. The van der Waals surface area contributed by atoms with Gasteiger partial charge in [-0.15, -0.1) is 23.1 Å². The maximum Gasteiger partial charge on any atom is 0.236 e. The summed E-state index contributed by atoms with van der Waals surface area (Å²) >= 11 is 3.38. The fraction of sp³-hybridized carbons (Fsp3) is 0.133. The number of nitrogens with two attached hydrogens (primary N) is 1. The molecule has 2 aromatic heterocycles. The van der Waals surface area contributed by atoms with Crippen LogP contribution in [-0.4, -0.2) is 4.98 Å². The first-order valence-corrected chi connectivity index (χ1v) is 8.06. The quantitative estimate of drug-likeness (QED) is 0.566.